The lowest BCUT2D eigenvalue weighted by Crippen LogP contribution is -2.19. The summed E-state index contributed by atoms with van der Waals surface area (Å²) in [5.74, 6) is 1.00. The fraction of sp³-hybridized carbons (Fsp3) is 0.250. The van der Waals surface area contributed by atoms with E-state index in [4.69, 9.17) is 16.3 Å². The molecule has 1 N–H and O–H groups in total. The van der Waals surface area contributed by atoms with E-state index in [1.807, 2.05) is 25.2 Å². The van der Waals surface area contributed by atoms with Crippen LogP contribution in [0.4, 0.5) is 0 Å². The second kappa shape index (κ2) is 5.76. The second-order valence-electron chi connectivity index (χ2n) is 4.80. The summed E-state index contributed by atoms with van der Waals surface area (Å²) in [5, 5.41) is 4.09. The largest absolute Gasteiger partial charge is 0.493 e. The minimum absolute atomic E-state index is 0.0213. The summed E-state index contributed by atoms with van der Waals surface area (Å²) in [6.45, 7) is 0.759. The molecule has 0 saturated carbocycles. The van der Waals surface area contributed by atoms with Crippen LogP contribution in [-0.2, 0) is 6.42 Å². The topological polar surface area (TPSA) is 21.3 Å². The number of ether oxygens (including phenoxy) is 1. The van der Waals surface area contributed by atoms with E-state index in [0.717, 1.165) is 39.4 Å². The minimum Gasteiger partial charge on any atom is -0.493 e. The summed E-state index contributed by atoms with van der Waals surface area (Å²) in [7, 11) is 1.94. The maximum atomic E-state index is 6.44. The van der Waals surface area contributed by atoms with Crippen molar-refractivity contribution in [3.8, 4) is 5.75 Å². The molecule has 0 aromatic heterocycles. The molecular formula is C16H15BrClNO. The number of para-hydroxylation sites is 1. The van der Waals surface area contributed by atoms with Gasteiger partial charge in [-0.1, -0.05) is 41.9 Å². The first-order valence-electron chi connectivity index (χ1n) is 6.58. The summed E-state index contributed by atoms with van der Waals surface area (Å²) in [6, 6.07) is 12.3. The first-order valence-corrected chi connectivity index (χ1v) is 7.75. The molecule has 20 heavy (non-hydrogen) atoms. The smallest absolute Gasteiger partial charge is 0.127 e. The first kappa shape index (κ1) is 13.9. The summed E-state index contributed by atoms with van der Waals surface area (Å²) >= 11 is 9.93. The van der Waals surface area contributed by atoms with Gasteiger partial charge in [0.05, 0.1) is 17.7 Å². The van der Waals surface area contributed by atoms with E-state index in [2.05, 4.69) is 39.4 Å². The van der Waals surface area contributed by atoms with Crippen molar-refractivity contribution in [3.63, 3.8) is 0 Å². The lowest BCUT2D eigenvalue weighted by Gasteiger charge is -2.21. The molecule has 0 bridgehead atoms. The number of hydrogen-bond acceptors (Lipinski definition) is 2. The van der Waals surface area contributed by atoms with Crippen molar-refractivity contribution in [1.29, 1.82) is 0 Å². The Balaban J connectivity index is 2.11. The quantitative estimate of drug-likeness (QED) is 0.887. The van der Waals surface area contributed by atoms with Gasteiger partial charge in [-0.2, -0.15) is 0 Å². The van der Waals surface area contributed by atoms with E-state index in [9.17, 15) is 0 Å². The monoisotopic (exact) mass is 351 g/mol. The highest BCUT2D eigenvalue weighted by Gasteiger charge is 2.24. The molecule has 0 spiro atoms. The summed E-state index contributed by atoms with van der Waals surface area (Å²) in [4.78, 5) is 0. The maximum Gasteiger partial charge on any atom is 0.127 e. The molecule has 3 rings (SSSR count). The van der Waals surface area contributed by atoms with Crippen LogP contribution in [-0.4, -0.2) is 13.7 Å². The molecule has 104 valence electrons. The Hall–Kier alpha value is -1.03. The van der Waals surface area contributed by atoms with Crippen molar-refractivity contribution < 1.29 is 4.74 Å². The fourth-order valence-corrected chi connectivity index (χ4v) is 3.31. The molecular weight excluding hydrogens is 338 g/mol. The molecule has 4 heteroatoms. The third-order valence-corrected chi connectivity index (χ3v) is 4.95. The number of fused-ring (bicyclic) bond motifs is 1. The van der Waals surface area contributed by atoms with E-state index in [1.54, 1.807) is 0 Å². The normalized spacial score (nSPS) is 14.8. The standard InChI is InChI=1S/C16H15BrClNO/c1-19-15(11-5-3-7-13(17)14(11)18)12-6-2-4-10-8-9-20-16(10)12/h2-7,15,19H,8-9H2,1H3. The van der Waals surface area contributed by atoms with Gasteiger partial charge >= 0.3 is 0 Å². The number of halogens is 2. The Labute approximate surface area is 132 Å². The Kier molecular flexibility index (Phi) is 4.01. The van der Waals surface area contributed by atoms with Crippen molar-refractivity contribution in [1.82, 2.24) is 5.32 Å². The van der Waals surface area contributed by atoms with Crippen LogP contribution in [0.2, 0.25) is 5.02 Å². The zero-order chi connectivity index (χ0) is 14.1. The van der Waals surface area contributed by atoms with Crippen molar-refractivity contribution in [2.75, 3.05) is 13.7 Å². The van der Waals surface area contributed by atoms with Crippen LogP contribution in [0.5, 0.6) is 5.75 Å². The molecule has 1 aliphatic heterocycles. The van der Waals surface area contributed by atoms with Crippen molar-refractivity contribution >= 4 is 27.5 Å². The van der Waals surface area contributed by atoms with Crippen LogP contribution >= 0.6 is 27.5 Å². The molecule has 1 unspecified atom stereocenters. The van der Waals surface area contributed by atoms with E-state index in [1.165, 1.54) is 5.56 Å². The number of rotatable bonds is 3. The van der Waals surface area contributed by atoms with Crippen molar-refractivity contribution in [3.05, 3.63) is 62.6 Å². The molecule has 1 atom stereocenters. The van der Waals surface area contributed by atoms with Gasteiger partial charge in [0.2, 0.25) is 0 Å². The lowest BCUT2D eigenvalue weighted by atomic mass is 9.96. The SMILES string of the molecule is CNC(c1cccc(Br)c1Cl)c1cccc2c1OCC2. The molecule has 0 aliphatic carbocycles. The zero-order valence-electron chi connectivity index (χ0n) is 11.1. The van der Waals surface area contributed by atoms with Crippen LogP contribution in [0.25, 0.3) is 0 Å². The van der Waals surface area contributed by atoms with Gasteiger partial charge in [0, 0.05) is 16.5 Å². The van der Waals surface area contributed by atoms with Gasteiger partial charge in [-0.15, -0.1) is 0 Å². The molecule has 2 nitrogen and oxygen atoms in total. The van der Waals surface area contributed by atoms with Crippen LogP contribution < -0.4 is 10.1 Å². The molecule has 0 fully saturated rings. The van der Waals surface area contributed by atoms with E-state index < -0.39 is 0 Å². The average molecular weight is 353 g/mol. The second-order valence-corrected chi connectivity index (χ2v) is 6.03. The number of hydrogen-bond donors (Lipinski definition) is 1. The van der Waals surface area contributed by atoms with Crippen LogP contribution in [0.1, 0.15) is 22.7 Å². The van der Waals surface area contributed by atoms with E-state index in [-0.39, 0.29) is 6.04 Å². The van der Waals surface area contributed by atoms with Gasteiger partial charge in [0.15, 0.2) is 0 Å². The van der Waals surface area contributed by atoms with Gasteiger partial charge in [0.1, 0.15) is 5.75 Å². The summed E-state index contributed by atoms with van der Waals surface area (Å²) < 4.78 is 6.72. The minimum atomic E-state index is 0.0213. The molecule has 1 aliphatic rings. The van der Waals surface area contributed by atoms with Crippen molar-refractivity contribution in [2.45, 2.75) is 12.5 Å². The number of benzene rings is 2. The predicted octanol–water partition coefficient (Wildman–Crippen LogP) is 4.35. The highest BCUT2D eigenvalue weighted by atomic mass is 79.9. The fourth-order valence-electron chi connectivity index (χ4n) is 2.69. The molecule has 2 aromatic rings. The molecule has 0 saturated heterocycles. The highest BCUT2D eigenvalue weighted by molar-refractivity contribution is 9.10. The Morgan fingerprint density at radius 3 is 2.75 bits per heavy atom. The molecule has 0 radical (unpaired) electrons. The first-order chi connectivity index (χ1) is 9.72. The molecule has 1 heterocycles. The third-order valence-electron chi connectivity index (χ3n) is 3.64. The summed E-state index contributed by atoms with van der Waals surface area (Å²) in [6.07, 6.45) is 0.978. The van der Waals surface area contributed by atoms with Crippen LogP contribution in [0.15, 0.2) is 40.9 Å². The highest BCUT2D eigenvalue weighted by Crippen LogP contribution is 2.39. The summed E-state index contributed by atoms with van der Waals surface area (Å²) in [5.41, 5.74) is 3.46. The van der Waals surface area contributed by atoms with E-state index >= 15 is 0 Å². The van der Waals surface area contributed by atoms with Crippen molar-refractivity contribution in [2.24, 2.45) is 0 Å². The molecule has 0 amide bonds. The number of nitrogens with one attached hydrogen (secondary N) is 1. The van der Waals surface area contributed by atoms with Gasteiger partial charge in [-0.3, -0.25) is 0 Å². The van der Waals surface area contributed by atoms with Gasteiger partial charge in [-0.05, 0) is 40.2 Å². The van der Waals surface area contributed by atoms with Gasteiger partial charge in [0.25, 0.3) is 0 Å². The lowest BCUT2D eigenvalue weighted by molar-refractivity contribution is 0.351. The Morgan fingerprint density at radius 1 is 1.20 bits per heavy atom. The van der Waals surface area contributed by atoms with E-state index in [0.29, 0.717) is 0 Å². The average Bonchev–Trinajstić information content (AvgIpc) is 2.93. The zero-order valence-corrected chi connectivity index (χ0v) is 13.5. The van der Waals surface area contributed by atoms with Gasteiger partial charge < -0.3 is 10.1 Å². The molecule has 2 aromatic carbocycles. The Morgan fingerprint density at radius 2 is 1.95 bits per heavy atom. The van der Waals surface area contributed by atoms with Gasteiger partial charge in [-0.25, -0.2) is 0 Å². The Bertz CT molecular complexity index is 644. The predicted molar refractivity (Wildman–Crippen MR) is 85.7 cm³/mol. The van der Waals surface area contributed by atoms with Crippen LogP contribution in [0.3, 0.4) is 0 Å². The maximum absolute atomic E-state index is 6.44. The third kappa shape index (κ3) is 2.34. The van der Waals surface area contributed by atoms with Crippen LogP contribution in [0, 0.1) is 0 Å².